The van der Waals surface area contributed by atoms with E-state index < -0.39 is 0 Å². The van der Waals surface area contributed by atoms with E-state index in [0.29, 0.717) is 18.1 Å². The molecule has 1 atom stereocenters. The third-order valence-electron chi connectivity index (χ3n) is 5.39. The van der Waals surface area contributed by atoms with Gasteiger partial charge in [0.25, 0.3) is 5.56 Å². The molecule has 1 aliphatic heterocycles. The number of benzene rings is 1. The molecule has 3 aromatic rings. The second kappa shape index (κ2) is 8.16. The third kappa shape index (κ3) is 3.81. The van der Waals surface area contributed by atoms with Crippen molar-refractivity contribution < 1.29 is 9.47 Å². The van der Waals surface area contributed by atoms with E-state index in [4.69, 9.17) is 14.5 Å². The first-order valence-corrected chi connectivity index (χ1v) is 9.71. The van der Waals surface area contributed by atoms with Crippen molar-refractivity contribution in [1.29, 1.82) is 0 Å². The number of H-pyrrole nitrogens is 1. The number of nitrogens with zero attached hydrogens (tertiary/aromatic N) is 2. The van der Waals surface area contributed by atoms with Crippen molar-refractivity contribution in [3.63, 3.8) is 0 Å². The van der Waals surface area contributed by atoms with Crippen LogP contribution in [0, 0.1) is 0 Å². The largest absolute Gasteiger partial charge is 0.496 e. The van der Waals surface area contributed by atoms with Crippen molar-refractivity contribution in [2.45, 2.75) is 38.3 Å². The SMILES string of the molecule is COc1ccccc1CNC(C)c1cc(=O)n2[nH]c(C3CCOCC3)cc2n1. The van der Waals surface area contributed by atoms with Gasteiger partial charge in [0.15, 0.2) is 5.65 Å². The molecule has 148 valence electrons. The Morgan fingerprint density at radius 2 is 2.11 bits per heavy atom. The topological polar surface area (TPSA) is 80.6 Å². The predicted octanol–water partition coefficient (Wildman–Crippen LogP) is 2.78. The van der Waals surface area contributed by atoms with E-state index in [9.17, 15) is 4.79 Å². The van der Waals surface area contributed by atoms with Crippen LogP contribution in [-0.2, 0) is 11.3 Å². The molecule has 0 saturated carbocycles. The molecule has 3 heterocycles. The first kappa shape index (κ1) is 18.7. The van der Waals surface area contributed by atoms with E-state index in [2.05, 4.69) is 10.4 Å². The quantitative estimate of drug-likeness (QED) is 0.685. The van der Waals surface area contributed by atoms with Crippen molar-refractivity contribution in [1.82, 2.24) is 19.9 Å². The first-order chi connectivity index (χ1) is 13.7. The normalized spacial score (nSPS) is 16.4. The number of ether oxygens (including phenoxy) is 2. The van der Waals surface area contributed by atoms with Gasteiger partial charge in [-0.3, -0.25) is 9.89 Å². The Labute approximate surface area is 163 Å². The lowest BCUT2D eigenvalue weighted by Gasteiger charge is -2.20. The average molecular weight is 382 g/mol. The second-order valence-electron chi connectivity index (χ2n) is 7.23. The van der Waals surface area contributed by atoms with Gasteiger partial charge in [-0.05, 0) is 25.8 Å². The molecule has 0 bridgehead atoms. The fourth-order valence-electron chi connectivity index (χ4n) is 3.68. The molecule has 1 unspecified atom stereocenters. The van der Waals surface area contributed by atoms with Crippen LogP contribution in [0.15, 0.2) is 41.2 Å². The van der Waals surface area contributed by atoms with Crippen molar-refractivity contribution in [2.24, 2.45) is 0 Å². The Kier molecular flexibility index (Phi) is 5.45. The number of hydrogen-bond acceptors (Lipinski definition) is 5. The van der Waals surface area contributed by atoms with Crippen LogP contribution in [0.5, 0.6) is 5.75 Å². The zero-order valence-corrected chi connectivity index (χ0v) is 16.3. The molecule has 4 rings (SSSR count). The first-order valence-electron chi connectivity index (χ1n) is 9.71. The Hall–Kier alpha value is -2.64. The highest BCUT2D eigenvalue weighted by Gasteiger charge is 2.19. The van der Waals surface area contributed by atoms with Crippen molar-refractivity contribution >= 4 is 5.65 Å². The molecular weight excluding hydrogens is 356 g/mol. The van der Waals surface area contributed by atoms with Crippen LogP contribution >= 0.6 is 0 Å². The van der Waals surface area contributed by atoms with Crippen LogP contribution in [-0.4, -0.2) is 34.9 Å². The summed E-state index contributed by atoms with van der Waals surface area (Å²) in [5.41, 5.74) is 3.43. The van der Waals surface area contributed by atoms with Crippen molar-refractivity contribution in [2.75, 3.05) is 20.3 Å². The molecule has 7 heteroatoms. The van der Waals surface area contributed by atoms with Crippen LogP contribution < -0.4 is 15.6 Å². The summed E-state index contributed by atoms with van der Waals surface area (Å²) in [6, 6.07) is 11.4. The van der Waals surface area contributed by atoms with Gasteiger partial charge in [0.05, 0.1) is 12.8 Å². The maximum atomic E-state index is 12.6. The van der Waals surface area contributed by atoms with Gasteiger partial charge >= 0.3 is 0 Å². The lowest BCUT2D eigenvalue weighted by atomic mass is 9.97. The summed E-state index contributed by atoms with van der Waals surface area (Å²) >= 11 is 0. The number of aromatic nitrogens is 3. The number of nitrogens with one attached hydrogen (secondary N) is 2. The van der Waals surface area contributed by atoms with Crippen molar-refractivity contribution in [3.8, 4) is 5.75 Å². The van der Waals surface area contributed by atoms with Gasteiger partial charge in [0.2, 0.25) is 0 Å². The number of hydrogen-bond donors (Lipinski definition) is 2. The molecule has 1 fully saturated rings. The molecular formula is C21H26N4O3. The summed E-state index contributed by atoms with van der Waals surface area (Å²) in [6.45, 7) is 4.17. The lowest BCUT2D eigenvalue weighted by Crippen LogP contribution is -2.23. The standard InChI is InChI=1S/C21H26N4O3/c1-14(22-13-16-5-3-4-6-19(16)27-2)17-12-21(26)25-20(23-17)11-18(24-25)15-7-9-28-10-8-15/h3-6,11-12,14-15,22,24H,7-10,13H2,1-2H3. The zero-order chi connectivity index (χ0) is 19.5. The van der Waals surface area contributed by atoms with Gasteiger partial charge < -0.3 is 14.8 Å². The van der Waals surface area contributed by atoms with Crippen LogP contribution in [0.4, 0.5) is 0 Å². The molecule has 2 aromatic heterocycles. The minimum absolute atomic E-state index is 0.0657. The molecule has 28 heavy (non-hydrogen) atoms. The fourth-order valence-corrected chi connectivity index (χ4v) is 3.68. The van der Waals surface area contributed by atoms with E-state index in [1.807, 2.05) is 37.3 Å². The second-order valence-corrected chi connectivity index (χ2v) is 7.23. The van der Waals surface area contributed by atoms with Gasteiger partial charge in [-0.25, -0.2) is 9.50 Å². The monoisotopic (exact) mass is 382 g/mol. The van der Waals surface area contributed by atoms with E-state index in [0.717, 1.165) is 48.8 Å². The summed E-state index contributed by atoms with van der Waals surface area (Å²) < 4.78 is 12.4. The number of methoxy groups -OCH3 is 1. The van der Waals surface area contributed by atoms with Gasteiger partial charge in [-0.15, -0.1) is 0 Å². The minimum atomic E-state index is -0.0933. The molecule has 0 radical (unpaired) electrons. The summed E-state index contributed by atoms with van der Waals surface area (Å²) in [6.07, 6.45) is 1.93. The molecule has 0 spiro atoms. The highest BCUT2D eigenvalue weighted by atomic mass is 16.5. The number of rotatable bonds is 6. The number of aromatic amines is 1. The summed E-state index contributed by atoms with van der Waals surface area (Å²) in [7, 11) is 1.67. The van der Waals surface area contributed by atoms with E-state index >= 15 is 0 Å². The van der Waals surface area contributed by atoms with E-state index in [1.54, 1.807) is 13.2 Å². The highest BCUT2D eigenvalue weighted by Crippen LogP contribution is 2.26. The molecule has 1 aliphatic rings. The Morgan fingerprint density at radius 1 is 1.32 bits per heavy atom. The van der Waals surface area contributed by atoms with Gasteiger partial charge in [0, 0.05) is 55.1 Å². The molecule has 1 saturated heterocycles. The van der Waals surface area contributed by atoms with E-state index in [1.165, 1.54) is 4.52 Å². The Bertz CT molecular complexity index is 1000. The maximum absolute atomic E-state index is 12.6. The van der Waals surface area contributed by atoms with Crippen LogP contribution in [0.1, 0.15) is 48.7 Å². The third-order valence-corrected chi connectivity index (χ3v) is 5.39. The van der Waals surface area contributed by atoms with Gasteiger partial charge in [-0.2, -0.15) is 0 Å². The van der Waals surface area contributed by atoms with Crippen molar-refractivity contribution in [3.05, 3.63) is 63.7 Å². The lowest BCUT2D eigenvalue weighted by molar-refractivity contribution is 0.0844. The summed E-state index contributed by atoms with van der Waals surface area (Å²) in [5.74, 6) is 1.23. The number of para-hydroxylation sites is 1. The molecule has 0 aliphatic carbocycles. The number of fused-ring (bicyclic) bond motifs is 1. The van der Waals surface area contributed by atoms with Gasteiger partial charge in [-0.1, -0.05) is 18.2 Å². The maximum Gasteiger partial charge on any atom is 0.272 e. The average Bonchev–Trinajstić information content (AvgIpc) is 3.18. The zero-order valence-electron chi connectivity index (χ0n) is 16.3. The predicted molar refractivity (Wildman–Crippen MR) is 107 cm³/mol. The van der Waals surface area contributed by atoms with Crippen LogP contribution in [0.3, 0.4) is 0 Å². The Balaban J connectivity index is 1.53. The van der Waals surface area contributed by atoms with Gasteiger partial charge in [0.1, 0.15) is 5.75 Å². The smallest absolute Gasteiger partial charge is 0.272 e. The highest BCUT2D eigenvalue weighted by molar-refractivity contribution is 5.41. The Morgan fingerprint density at radius 3 is 2.89 bits per heavy atom. The summed E-state index contributed by atoms with van der Waals surface area (Å²) in [4.78, 5) is 17.3. The summed E-state index contributed by atoms with van der Waals surface area (Å²) in [5, 5.41) is 6.66. The molecule has 2 N–H and O–H groups in total. The minimum Gasteiger partial charge on any atom is -0.496 e. The van der Waals surface area contributed by atoms with Crippen LogP contribution in [0.2, 0.25) is 0 Å². The fraction of sp³-hybridized carbons (Fsp3) is 0.429. The van der Waals surface area contributed by atoms with Crippen LogP contribution in [0.25, 0.3) is 5.65 Å². The molecule has 7 nitrogen and oxygen atoms in total. The molecule has 0 amide bonds. The van der Waals surface area contributed by atoms with E-state index in [-0.39, 0.29) is 11.6 Å². The molecule has 1 aromatic carbocycles.